The highest BCUT2D eigenvalue weighted by Crippen LogP contribution is 2.39. The molecule has 0 amide bonds. The lowest BCUT2D eigenvalue weighted by Crippen LogP contribution is -2.23. The van der Waals surface area contributed by atoms with E-state index in [0.29, 0.717) is 13.1 Å². The monoisotopic (exact) mass is 273 g/mol. The van der Waals surface area contributed by atoms with Gasteiger partial charge in [0.15, 0.2) is 0 Å². The third kappa shape index (κ3) is 5.61. The van der Waals surface area contributed by atoms with Gasteiger partial charge in [-0.3, -0.25) is 0 Å². The van der Waals surface area contributed by atoms with Gasteiger partial charge < -0.3 is 10.1 Å². The number of ether oxygens (including phenoxy) is 1. The van der Waals surface area contributed by atoms with Crippen LogP contribution in [0.3, 0.4) is 0 Å². The molecule has 1 N–H and O–H groups in total. The van der Waals surface area contributed by atoms with E-state index in [4.69, 9.17) is 0 Å². The van der Waals surface area contributed by atoms with Crippen molar-refractivity contribution in [2.45, 2.75) is 31.5 Å². The van der Waals surface area contributed by atoms with Gasteiger partial charge in [0.1, 0.15) is 6.61 Å². The van der Waals surface area contributed by atoms with E-state index >= 15 is 0 Å². The summed E-state index contributed by atoms with van der Waals surface area (Å²) in [6.07, 6.45) is -1.67. The summed E-state index contributed by atoms with van der Waals surface area (Å²) >= 11 is 0. The highest BCUT2D eigenvalue weighted by Gasteiger charge is 2.27. The van der Waals surface area contributed by atoms with Crippen molar-refractivity contribution in [2.24, 2.45) is 0 Å². The molecule has 1 fully saturated rings. The smallest absolute Gasteiger partial charge is 0.371 e. The van der Waals surface area contributed by atoms with Crippen LogP contribution in [0.1, 0.15) is 29.9 Å². The zero-order valence-corrected chi connectivity index (χ0v) is 10.7. The lowest BCUT2D eigenvalue weighted by atomic mass is 10.1. The maximum atomic E-state index is 11.8. The molecule has 0 radical (unpaired) electrons. The first-order chi connectivity index (χ1) is 9.04. The van der Waals surface area contributed by atoms with E-state index in [0.717, 1.165) is 11.5 Å². The van der Waals surface area contributed by atoms with Crippen LogP contribution < -0.4 is 5.32 Å². The molecule has 0 aliphatic heterocycles. The van der Waals surface area contributed by atoms with Crippen molar-refractivity contribution in [3.63, 3.8) is 0 Å². The first-order valence-corrected chi connectivity index (χ1v) is 6.49. The number of alkyl halides is 3. The van der Waals surface area contributed by atoms with Gasteiger partial charge in [0.05, 0.1) is 6.61 Å². The number of rotatable bonds is 7. The summed E-state index contributed by atoms with van der Waals surface area (Å²) in [6, 6.07) is 8.40. The van der Waals surface area contributed by atoms with Gasteiger partial charge in [0, 0.05) is 13.1 Å². The average Bonchev–Trinajstić information content (AvgIpc) is 3.17. The van der Waals surface area contributed by atoms with Crippen molar-refractivity contribution in [1.82, 2.24) is 5.32 Å². The molecule has 1 aromatic rings. The van der Waals surface area contributed by atoms with E-state index in [1.807, 2.05) is 0 Å². The van der Waals surface area contributed by atoms with Crippen LogP contribution in [0, 0.1) is 0 Å². The Morgan fingerprint density at radius 3 is 2.42 bits per heavy atom. The summed E-state index contributed by atoms with van der Waals surface area (Å²) in [4.78, 5) is 0. The minimum atomic E-state index is -4.24. The van der Waals surface area contributed by atoms with Gasteiger partial charge in [0.2, 0.25) is 0 Å². The number of benzene rings is 1. The van der Waals surface area contributed by atoms with E-state index < -0.39 is 12.8 Å². The van der Waals surface area contributed by atoms with Gasteiger partial charge in [-0.1, -0.05) is 24.3 Å². The first-order valence-electron chi connectivity index (χ1n) is 6.49. The second-order valence-electron chi connectivity index (χ2n) is 4.86. The quantitative estimate of drug-likeness (QED) is 0.770. The highest BCUT2D eigenvalue weighted by atomic mass is 19.4. The van der Waals surface area contributed by atoms with Crippen molar-refractivity contribution in [3.8, 4) is 0 Å². The number of nitrogens with one attached hydrogen (secondary N) is 1. The minimum Gasteiger partial charge on any atom is -0.371 e. The Kier molecular flexibility index (Phi) is 4.82. The maximum absolute atomic E-state index is 11.8. The van der Waals surface area contributed by atoms with E-state index in [1.165, 1.54) is 18.4 Å². The topological polar surface area (TPSA) is 21.3 Å². The van der Waals surface area contributed by atoms with Crippen LogP contribution in [0.15, 0.2) is 24.3 Å². The van der Waals surface area contributed by atoms with Crippen molar-refractivity contribution in [1.29, 1.82) is 0 Å². The fraction of sp³-hybridized carbons (Fsp3) is 0.571. The van der Waals surface area contributed by atoms with Gasteiger partial charge in [0.25, 0.3) is 0 Å². The van der Waals surface area contributed by atoms with Crippen LogP contribution in [0.2, 0.25) is 0 Å². The molecule has 0 spiro atoms. The lowest BCUT2D eigenvalue weighted by molar-refractivity contribution is -0.173. The van der Waals surface area contributed by atoms with Crippen LogP contribution in [-0.4, -0.2) is 25.9 Å². The molecule has 0 aromatic heterocycles. The Hall–Kier alpha value is -1.07. The summed E-state index contributed by atoms with van der Waals surface area (Å²) in [5.74, 6) is 0.748. The average molecular weight is 273 g/mol. The van der Waals surface area contributed by atoms with Crippen molar-refractivity contribution in [3.05, 3.63) is 35.4 Å². The zero-order valence-electron chi connectivity index (χ0n) is 10.7. The molecular weight excluding hydrogens is 255 g/mol. The Morgan fingerprint density at radius 2 is 1.84 bits per heavy atom. The van der Waals surface area contributed by atoms with Crippen molar-refractivity contribution < 1.29 is 17.9 Å². The van der Waals surface area contributed by atoms with Gasteiger partial charge in [-0.15, -0.1) is 0 Å². The normalized spacial score (nSPS) is 15.7. The predicted molar refractivity (Wildman–Crippen MR) is 67.0 cm³/mol. The van der Waals surface area contributed by atoms with Crippen molar-refractivity contribution >= 4 is 0 Å². The third-order valence-electron chi connectivity index (χ3n) is 3.05. The molecule has 1 saturated carbocycles. The molecule has 1 aliphatic rings. The number of hydrogen-bond acceptors (Lipinski definition) is 2. The summed E-state index contributed by atoms with van der Waals surface area (Å²) in [7, 11) is 0. The minimum absolute atomic E-state index is 0.0691. The standard InChI is InChI=1S/C14H18F3NO/c15-14(16,17)10-19-8-7-18-9-11-1-3-12(4-2-11)13-5-6-13/h1-4,13,18H,5-10H2. The van der Waals surface area contributed by atoms with Gasteiger partial charge in [-0.05, 0) is 29.9 Å². The van der Waals surface area contributed by atoms with Crippen LogP contribution in [-0.2, 0) is 11.3 Å². The lowest BCUT2D eigenvalue weighted by Gasteiger charge is -2.08. The zero-order chi connectivity index (χ0) is 13.7. The number of halogens is 3. The van der Waals surface area contributed by atoms with Crippen LogP contribution in [0.25, 0.3) is 0 Å². The molecule has 1 aromatic carbocycles. The molecule has 0 unspecified atom stereocenters. The predicted octanol–water partition coefficient (Wildman–Crippen LogP) is 3.23. The molecule has 106 valence electrons. The van der Waals surface area contributed by atoms with E-state index in [1.54, 1.807) is 0 Å². The molecule has 1 aliphatic carbocycles. The SMILES string of the molecule is FC(F)(F)COCCNCc1ccc(C2CC2)cc1. The second kappa shape index (κ2) is 6.39. The van der Waals surface area contributed by atoms with E-state index in [-0.39, 0.29) is 6.61 Å². The van der Waals surface area contributed by atoms with Gasteiger partial charge in [-0.25, -0.2) is 0 Å². The highest BCUT2D eigenvalue weighted by molar-refractivity contribution is 5.27. The van der Waals surface area contributed by atoms with Crippen molar-refractivity contribution in [2.75, 3.05) is 19.8 Å². The molecular formula is C14H18F3NO. The second-order valence-corrected chi connectivity index (χ2v) is 4.86. The fourth-order valence-electron chi connectivity index (χ4n) is 1.89. The van der Waals surface area contributed by atoms with Crippen LogP contribution in [0.5, 0.6) is 0 Å². The Bertz CT molecular complexity index is 385. The summed E-state index contributed by atoms with van der Waals surface area (Å²) < 4.78 is 39.9. The Labute approximate surface area is 111 Å². The molecule has 0 atom stereocenters. The molecule has 0 saturated heterocycles. The summed E-state index contributed by atoms with van der Waals surface area (Å²) in [5, 5.41) is 3.06. The first kappa shape index (κ1) is 14.3. The van der Waals surface area contributed by atoms with Gasteiger partial charge >= 0.3 is 6.18 Å². The molecule has 2 rings (SSSR count). The van der Waals surface area contributed by atoms with E-state index in [2.05, 4.69) is 34.3 Å². The molecule has 5 heteroatoms. The fourth-order valence-corrected chi connectivity index (χ4v) is 1.89. The van der Waals surface area contributed by atoms with E-state index in [9.17, 15) is 13.2 Å². The molecule has 2 nitrogen and oxygen atoms in total. The largest absolute Gasteiger partial charge is 0.411 e. The molecule has 0 heterocycles. The third-order valence-corrected chi connectivity index (χ3v) is 3.05. The number of hydrogen-bond donors (Lipinski definition) is 1. The summed E-state index contributed by atoms with van der Waals surface area (Å²) in [5.41, 5.74) is 2.53. The van der Waals surface area contributed by atoms with Gasteiger partial charge in [-0.2, -0.15) is 13.2 Å². The maximum Gasteiger partial charge on any atom is 0.411 e. The molecule has 19 heavy (non-hydrogen) atoms. The summed E-state index contributed by atoms with van der Waals surface area (Å²) in [6.45, 7) is -0.0365. The van der Waals surface area contributed by atoms with Crippen LogP contribution >= 0.6 is 0 Å². The molecule has 0 bridgehead atoms. The Balaban J connectivity index is 1.57. The Morgan fingerprint density at radius 1 is 1.16 bits per heavy atom. The van der Waals surface area contributed by atoms with Crippen LogP contribution in [0.4, 0.5) is 13.2 Å².